The molecule has 32 heavy (non-hydrogen) atoms. The summed E-state index contributed by atoms with van der Waals surface area (Å²) in [7, 11) is 0. The maximum atomic E-state index is 12.4. The van der Waals surface area contributed by atoms with E-state index >= 15 is 0 Å². The first-order valence-corrected chi connectivity index (χ1v) is 10.4. The Morgan fingerprint density at radius 1 is 0.469 bits per heavy atom. The van der Waals surface area contributed by atoms with Crippen LogP contribution in [0.15, 0.2) is 93.8 Å². The van der Waals surface area contributed by atoms with Crippen LogP contribution < -0.4 is 0 Å². The molecule has 0 fully saturated rings. The Morgan fingerprint density at radius 3 is 1.19 bits per heavy atom. The van der Waals surface area contributed by atoms with E-state index < -0.39 is 0 Å². The van der Waals surface area contributed by atoms with Crippen molar-refractivity contribution < 1.29 is 23.2 Å². The molecule has 0 aliphatic heterocycles. The SMILES string of the molecule is O=C(Cc1ccc(CC(=O)c2ccccc2)o1)Cc1ccc(CC(=O)c2ccccc2)o1. The molecule has 4 rings (SSSR count). The normalized spacial score (nSPS) is 10.8. The number of hydrogen-bond acceptors (Lipinski definition) is 5. The molecule has 0 bridgehead atoms. The maximum Gasteiger partial charge on any atom is 0.170 e. The minimum absolute atomic E-state index is 0.0361. The van der Waals surface area contributed by atoms with Gasteiger partial charge in [0.2, 0.25) is 0 Å². The largest absolute Gasteiger partial charge is 0.465 e. The lowest BCUT2D eigenvalue weighted by molar-refractivity contribution is -0.118. The molecule has 0 saturated heterocycles. The van der Waals surface area contributed by atoms with Crippen LogP contribution in [0, 0.1) is 0 Å². The maximum absolute atomic E-state index is 12.4. The Labute approximate surface area is 185 Å². The molecule has 5 nitrogen and oxygen atoms in total. The van der Waals surface area contributed by atoms with Gasteiger partial charge in [-0.15, -0.1) is 0 Å². The monoisotopic (exact) mass is 426 g/mol. The average molecular weight is 426 g/mol. The van der Waals surface area contributed by atoms with Crippen molar-refractivity contribution >= 4 is 17.3 Å². The van der Waals surface area contributed by atoms with Crippen molar-refractivity contribution in [2.45, 2.75) is 25.7 Å². The highest BCUT2D eigenvalue weighted by molar-refractivity contribution is 5.97. The number of benzene rings is 2. The molecule has 160 valence electrons. The van der Waals surface area contributed by atoms with Crippen molar-refractivity contribution in [3.8, 4) is 0 Å². The second-order valence-electron chi connectivity index (χ2n) is 7.56. The van der Waals surface area contributed by atoms with Gasteiger partial charge >= 0.3 is 0 Å². The van der Waals surface area contributed by atoms with Gasteiger partial charge in [-0.25, -0.2) is 0 Å². The van der Waals surface area contributed by atoms with Gasteiger partial charge in [0.25, 0.3) is 0 Å². The van der Waals surface area contributed by atoms with E-state index in [4.69, 9.17) is 8.83 Å². The Bertz CT molecular complexity index is 1120. The summed E-state index contributed by atoms with van der Waals surface area (Å²) in [5.74, 6) is 1.93. The second-order valence-corrected chi connectivity index (χ2v) is 7.56. The van der Waals surface area contributed by atoms with Crippen LogP contribution >= 0.6 is 0 Å². The van der Waals surface area contributed by atoms with E-state index in [1.807, 2.05) is 36.4 Å². The quantitative estimate of drug-likeness (QED) is 0.331. The first kappa shape index (κ1) is 21.2. The number of ketones is 3. The lowest BCUT2D eigenvalue weighted by Crippen LogP contribution is -2.06. The van der Waals surface area contributed by atoms with Crippen LogP contribution in [-0.4, -0.2) is 17.3 Å². The standard InChI is InChI=1S/C27H22O5/c28-21(15-22-11-13-24(31-22)17-26(29)19-7-3-1-4-8-19)16-23-12-14-25(32-23)18-27(30)20-9-5-2-6-10-20/h1-14H,15-18H2. The highest BCUT2D eigenvalue weighted by atomic mass is 16.3. The molecule has 5 heteroatoms. The zero-order valence-electron chi connectivity index (χ0n) is 17.5. The molecule has 0 aliphatic rings. The van der Waals surface area contributed by atoms with Crippen LogP contribution in [-0.2, 0) is 30.5 Å². The Morgan fingerprint density at radius 2 is 0.812 bits per heavy atom. The minimum Gasteiger partial charge on any atom is -0.465 e. The zero-order valence-corrected chi connectivity index (χ0v) is 17.5. The van der Waals surface area contributed by atoms with E-state index in [9.17, 15) is 14.4 Å². The van der Waals surface area contributed by atoms with Crippen molar-refractivity contribution in [1.29, 1.82) is 0 Å². The van der Waals surface area contributed by atoms with Crippen LogP contribution in [0.4, 0.5) is 0 Å². The second kappa shape index (κ2) is 9.88. The van der Waals surface area contributed by atoms with Crippen molar-refractivity contribution in [1.82, 2.24) is 0 Å². The molecule has 0 atom stereocenters. The molecule has 0 aliphatic carbocycles. The highest BCUT2D eigenvalue weighted by Crippen LogP contribution is 2.16. The molecular formula is C27H22O5. The van der Waals surface area contributed by atoms with Gasteiger partial charge < -0.3 is 8.83 Å². The van der Waals surface area contributed by atoms with Gasteiger partial charge in [0.05, 0.1) is 25.7 Å². The Balaban J connectivity index is 1.29. The van der Waals surface area contributed by atoms with E-state index in [-0.39, 0.29) is 43.0 Å². The van der Waals surface area contributed by atoms with Crippen molar-refractivity contribution in [3.63, 3.8) is 0 Å². The molecule has 4 aromatic rings. The first-order chi connectivity index (χ1) is 15.6. The van der Waals surface area contributed by atoms with Gasteiger partial charge in [-0.3, -0.25) is 14.4 Å². The number of hydrogen-bond donors (Lipinski definition) is 0. The van der Waals surface area contributed by atoms with Crippen LogP contribution in [0.2, 0.25) is 0 Å². The Kier molecular flexibility index (Phi) is 6.56. The Hall–Kier alpha value is -3.99. The molecule has 0 saturated carbocycles. The van der Waals surface area contributed by atoms with Crippen molar-refractivity contribution in [2.24, 2.45) is 0 Å². The molecule has 2 aromatic heterocycles. The smallest absolute Gasteiger partial charge is 0.170 e. The molecule has 0 amide bonds. The fourth-order valence-electron chi connectivity index (χ4n) is 3.44. The van der Waals surface area contributed by atoms with Crippen LogP contribution in [0.1, 0.15) is 43.8 Å². The van der Waals surface area contributed by atoms with Gasteiger partial charge in [0.1, 0.15) is 28.8 Å². The van der Waals surface area contributed by atoms with Gasteiger partial charge in [0.15, 0.2) is 11.6 Å². The predicted octanol–water partition coefficient (Wildman–Crippen LogP) is 5.08. The third-order valence-electron chi connectivity index (χ3n) is 5.04. The topological polar surface area (TPSA) is 77.5 Å². The fourth-order valence-corrected chi connectivity index (χ4v) is 3.44. The van der Waals surface area contributed by atoms with Gasteiger partial charge in [-0.1, -0.05) is 60.7 Å². The number of Topliss-reactive ketones (excluding diaryl/α,β-unsaturated/α-hetero) is 3. The third-order valence-corrected chi connectivity index (χ3v) is 5.04. The molecule has 0 spiro atoms. The van der Waals surface area contributed by atoms with E-state index in [2.05, 4.69) is 0 Å². The van der Waals surface area contributed by atoms with E-state index in [0.29, 0.717) is 34.2 Å². The number of furan rings is 2. The van der Waals surface area contributed by atoms with E-state index in [1.54, 1.807) is 48.5 Å². The first-order valence-electron chi connectivity index (χ1n) is 10.4. The summed E-state index contributed by atoms with van der Waals surface area (Å²) >= 11 is 0. The lowest BCUT2D eigenvalue weighted by Gasteiger charge is -2.00. The summed E-state index contributed by atoms with van der Waals surface area (Å²) in [5.41, 5.74) is 1.25. The zero-order chi connectivity index (χ0) is 22.3. The van der Waals surface area contributed by atoms with Crippen LogP contribution in [0.3, 0.4) is 0 Å². The van der Waals surface area contributed by atoms with Crippen LogP contribution in [0.25, 0.3) is 0 Å². The van der Waals surface area contributed by atoms with Gasteiger partial charge in [-0.05, 0) is 24.3 Å². The highest BCUT2D eigenvalue weighted by Gasteiger charge is 2.15. The molecule has 2 aromatic carbocycles. The summed E-state index contributed by atoms with van der Waals surface area (Å²) in [6.07, 6.45) is 0.515. The summed E-state index contributed by atoms with van der Waals surface area (Å²) in [5, 5.41) is 0. The number of rotatable bonds is 10. The fraction of sp³-hybridized carbons (Fsp3) is 0.148. The van der Waals surface area contributed by atoms with E-state index in [1.165, 1.54) is 0 Å². The van der Waals surface area contributed by atoms with Crippen molar-refractivity contribution in [3.05, 3.63) is 119 Å². The molecule has 0 radical (unpaired) electrons. The number of carbonyl (C=O) groups is 3. The van der Waals surface area contributed by atoms with Crippen molar-refractivity contribution in [2.75, 3.05) is 0 Å². The summed E-state index contributed by atoms with van der Waals surface area (Å²) in [6, 6.07) is 24.9. The van der Waals surface area contributed by atoms with E-state index in [0.717, 1.165) is 0 Å². The number of carbonyl (C=O) groups excluding carboxylic acids is 3. The lowest BCUT2D eigenvalue weighted by atomic mass is 10.1. The van der Waals surface area contributed by atoms with Gasteiger partial charge in [0, 0.05) is 11.1 Å². The minimum atomic E-state index is -0.0735. The molecule has 0 N–H and O–H groups in total. The third kappa shape index (κ3) is 5.58. The van der Waals surface area contributed by atoms with Gasteiger partial charge in [-0.2, -0.15) is 0 Å². The summed E-state index contributed by atoms with van der Waals surface area (Å²) in [6.45, 7) is 0. The van der Waals surface area contributed by atoms with Crippen LogP contribution in [0.5, 0.6) is 0 Å². The molecular weight excluding hydrogens is 404 g/mol. The summed E-state index contributed by atoms with van der Waals surface area (Å²) < 4.78 is 11.3. The summed E-state index contributed by atoms with van der Waals surface area (Å²) in [4.78, 5) is 37.0. The molecule has 0 unspecified atom stereocenters. The molecule has 2 heterocycles. The predicted molar refractivity (Wildman–Crippen MR) is 119 cm³/mol. The average Bonchev–Trinajstić information content (AvgIpc) is 3.43.